The number of amides is 1. The minimum Gasteiger partial charge on any atom is -0.354 e. The molecule has 1 fully saturated rings. The predicted molar refractivity (Wildman–Crippen MR) is 72.1 cm³/mol. The van der Waals surface area contributed by atoms with Crippen LogP contribution in [0.1, 0.15) is 33.6 Å². The highest BCUT2D eigenvalue weighted by Gasteiger charge is 2.32. The number of hydrogen-bond donors (Lipinski definition) is 2. The van der Waals surface area contributed by atoms with Crippen molar-refractivity contribution in [1.29, 1.82) is 0 Å². The first kappa shape index (κ1) is 15.4. The van der Waals surface area contributed by atoms with Gasteiger partial charge in [0.15, 0.2) is 9.84 Å². The molecule has 0 aliphatic carbocycles. The summed E-state index contributed by atoms with van der Waals surface area (Å²) < 4.78 is 22.1. The highest BCUT2D eigenvalue weighted by atomic mass is 32.2. The standard InChI is InChI=1S/C12H24N2O3S/c1-9-5-6-10(7-13-9)11(15)14-8-12(2,3)18(4,16)17/h9-10,13H,5-8H2,1-4H3,(H,14,15). The molecule has 18 heavy (non-hydrogen) atoms. The topological polar surface area (TPSA) is 75.3 Å². The molecule has 2 N–H and O–H groups in total. The van der Waals surface area contributed by atoms with Crippen molar-refractivity contribution >= 4 is 15.7 Å². The Hall–Kier alpha value is -0.620. The molecule has 0 aromatic carbocycles. The zero-order valence-electron chi connectivity index (χ0n) is 11.6. The molecule has 2 unspecified atom stereocenters. The first-order chi connectivity index (χ1) is 8.13. The molecule has 1 amide bonds. The predicted octanol–water partition coefficient (Wildman–Crippen LogP) is 0.314. The zero-order chi connectivity index (χ0) is 14.0. The van der Waals surface area contributed by atoms with E-state index in [2.05, 4.69) is 17.6 Å². The number of sulfone groups is 1. The first-order valence-electron chi connectivity index (χ1n) is 6.34. The van der Waals surface area contributed by atoms with Crippen molar-refractivity contribution in [1.82, 2.24) is 10.6 Å². The van der Waals surface area contributed by atoms with Gasteiger partial charge in [-0.05, 0) is 33.6 Å². The summed E-state index contributed by atoms with van der Waals surface area (Å²) in [5.74, 6) is -0.0947. The van der Waals surface area contributed by atoms with Gasteiger partial charge in [0.2, 0.25) is 5.91 Å². The van der Waals surface area contributed by atoms with Crippen LogP contribution < -0.4 is 10.6 Å². The molecule has 106 valence electrons. The summed E-state index contributed by atoms with van der Waals surface area (Å²) in [5, 5.41) is 6.02. The quantitative estimate of drug-likeness (QED) is 0.775. The van der Waals surface area contributed by atoms with E-state index in [1.54, 1.807) is 13.8 Å². The highest BCUT2D eigenvalue weighted by Crippen LogP contribution is 2.16. The van der Waals surface area contributed by atoms with Gasteiger partial charge in [0.05, 0.1) is 10.7 Å². The lowest BCUT2D eigenvalue weighted by molar-refractivity contribution is -0.125. The molecule has 1 aliphatic heterocycles. The smallest absolute Gasteiger partial charge is 0.224 e. The van der Waals surface area contributed by atoms with Crippen LogP contribution in [-0.4, -0.2) is 44.5 Å². The molecule has 1 aliphatic rings. The molecule has 0 aromatic heterocycles. The van der Waals surface area contributed by atoms with E-state index in [0.717, 1.165) is 12.8 Å². The maximum atomic E-state index is 11.9. The zero-order valence-corrected chi connectivity index (χ0v) is 12.4. The van der Waals surface area contributed by atoms with Crippen LogP contribution >= 0.6 is 0 Å². The van der Waals surface area contributed by atoms with E-state index in [1.165, 1.54) is 6.26 Å². The summed E-state index contributed by atoms with van der Waals surface area (Å²) in [6.45, 7) is 6.19. The Kier molecular flexibility index (Phi) is 4.78. The molecular formula is C12H24N2O3S. The summed E-state index contributed by atoms with van der Waals surface area (Å²) in [6.07, 6.45) is 3.04. The second kappa shape index (κ2) is 5.57. The first-order valence-corrected chi connectivity index (χ1v) is 8.23. The molecule has 0 radical (unpaired) electrons. The van der Waals surface area contributed by atoms with Gasteiger partial charge in [0, 0.05) is 25.4 Å². The van der Waals surface area contributed by atoms with Gasteiger partial charge in [-0.15, -0.1) is 0 Å². The Balaban J connectivity index is 2.47. The molecule has 2 atom stereocenters. The lowest BCUT2D eigenvalue weighted by atomic mass is 9.94. The number of carbonyl (C=O) groups excluding carboxylic acids is 1. The van der Waals surface area contributed by atoms with Crippen LogP contribution in [-0.2, 0) is 14.6 Å². The maximum Gasteiger partial charge on any atom is 0.224 e. The van der Waals surface area contributed by atoms with Crippen molar-refractivity contribution in [3.8, 4) is 0 Å². The van der Waals surface area contributed by atoms with Gasteiger partial charge >= 0.3 is 0 Å². The van der Waals surface area contributed by atoms with Crippen molar-refractivity contribution in [2.75, 3.05) is 19.3 Å². The fourth-order valence-corrected chi connectivity index (χ4v) is 2.13. The normalized spacial score (nSPS) is 25.8. The van der Waals surface area contributed by atoms with Gasteiger partial charge in [-0.1, -0.05) is 0 Å². The SMILES string of the molecule is CC1CCC(C(=O)NCC(C)(C)S(C)(=O)=O)CN1. The third kappa shape index (κ3) is 3.95. The average molecular weight is 276 g/mol. The average Bonchev–Trinajstić information content (AvgIpc) is 2.25. The molecule has 0 saturated carbocycles. The maximum absolute atomic E-state index is 11.9. The fourth-order valence-electron chi connectivity index (χ4n) is 1.80. The summed E-state index contributed by atoms with van der Waals surface area (Å²) in [5.41, 5.74) is 0. The van der Waals surface area contributed by atoms with Crippen LogP contribution in [0.25, 0.3) is 0 Å². The minimum absolute atomic E-state index is 0.0449. The third-order valence-corrected chi connectivity index (χ3v) is 5.88. The van der Waals surface area contributed by atoms with Gasteiger partial charge < -0.3 is 10.6 Å². The van der Waals surface area contributed by atoms with Crippen LogP contribution in [0.15, 0.2) is 0 Å². The second-order valence-electron chi connectivity index (χ2n) is 5.83. The molecule has 6 heteroatoms. The molecule has 1 saturated heterocycles. The molecule has 0 bridgehead atoms. The number of piperidine rings is 1. The fraction of sp³-hybridized carbons (Fsp3) is 0.917. The van der Waals surface area contributed by atoms with Crippen molar-refractivity contribution < 1.29 is 13.2 Å². The summed E-state index contributed by atoms with van der Waals surface area (Å²) in [6, 6.07) is 0.460. The molecule has 1 rings (SSSR count). The number of nitrogens with one attached hydrogen (secondary N) is 2. The van der Waals surface area contributed by atoms with E-state index in [4.69, 9.17) is 0 Å². The molecule has 0 aromatic rings. The van der Waals surface area contributed by atoms with Gasteiger partial charge in [0.1, 0.15) is 0 Å². The van der Waals surface area contributed by atoms with Crippen molar-refractivity contribution in [3.05, 3.63) is 0 Å². The Labute approximate surface area is 110 Å². The Bertz CT molecular complexity index is 396. The van der Waals surface area contributed by atoms with Gasteiger partial charge in [-0.25, -0.2) is 8.42 Å². The van der Waals surface area contributed by atoms with E-state index < -0.39 is 14.6 Å². The van der Waals surface area contributed by atoms with Crippen LogP contribution in [0.3, 0.4) is 0 Å². The summed E-state index contributed by atoms with van der Waals surface area (Å²) >= 11 is 0. The molecule has 0 spiro atoms. The highest BCUT2D eigenvalue weighted by molar-refractivity contribution is 7.92. The largest absolute Gasteiger partial charge is 0.354 e. The van der Waals surface area contributed by atoms with Crippen LogP contribution in [0, 0.1) is 5.92 Å². The lowest BCUT2D eigenvalue weighted by Gasteiger charge is -2.28. The van der Waals surface area contributed by atoms with Crippen LogP contribution in [0.5, 0.6) is 0 Å². The Morgan fingerprint density at radius 3 is 2.44 bits per heavy atom. The van der Waals surface area contributed by atoms with E-state index in [0.29, 0.717) is 12.6 Å². The monoisotopic (exact) mass is 276 g/mol. The van der Waals surface area contributed by atoms with E-state index in [-0.39, 0.29) is 18.4 Å². The summed E-state index contributed by atoms with van der Waals surface area (Å²) in [7, 11) is -3.17. The van der Waals surface area contributed by atoms with Crippen molar-refractivity contribution in [2.24, 2.45) is 5.92 Å². The summed E-state index contributed by atoms with van der Waals surface area (Å²) in [4.78, 5) is 11.9. The Morgan fingerprint density at radius 2 is 2.00 bits per heavy atom. The van der Waals surface area contributed by atoms with E-state index >= 15 is 0 Å². The number of rotatable bonds is 4. The molecular weight excluding hydrogens is 252 g/mol. The minimum atomic E-state index is -3.17. The van der Waals surface area contributed by atoms with Gasteiger partial charge in [0.25, 0.3) is 0 Å². The van der Waals surface area contributed by atoms with Crippen LogP contribution in [0.4, 0.5) is 0 Å². The number of carbonyl (C=O) groups is 1. The van der Waals surface area contributed by atoms with E-state index in [1.807, 2.05) is 0 Å². The lowest BCUT2D eigenvalue weighted by Crippen LogP contribution is -2.49. The van der Waals surface area contributed by atoms with E-state index in [9.17, 15) is 13.2 Å². The molecule has 5 nitrogen and oxygen atoms in total. The molecule has 1 heterocycles. The van der Waals surface area contributed by atoms with Crippen LogP contribution in [0.2, 0.25) is 0 Å². The van der Waals surface area contributed by atoms with Gasteiger partial charge in [-0.2, -0.15) is 0 Å². The number of hydrogen-bond acceptors (Lipinski definition) is 4. The Morgan fingerprint density at radius 1 is 1.39 bits per heavy atom. The van der Waals surface area contributed by atoms with Crippen molar-refractivity contribution in [3.63, 3.8) is 0 Å². The van der Waals surface area contributed by atoms with Gasteiger partial charge in [-0.3, -0.25) is 4.79 Å². The van der Waals surface area contributed by atoms with Crippen molar-refractivity contribution in [2.45, 2.75) is 44.4 Å². The second-order valence-corrected chi connectivity index (χ2v) is 8.48. The third-order valence-electron chi connectivity index (χ3n) is 3.72.